The minimum atomic E-state index is -0.124. The van der Waals surface area contributed by atoms with Crippen molar-refractivity contribution < 1.29 is 4.79 Å². The summed E-state index contributed by atoms with van der Waals surface area (Å²) in [4.78, 5) is 15.3. The van der Waals surface area contributed by atoms with Crippen LogP contribution in [0.4, 0.5) is 0 Å². The summed E-state index contributed by atoms with van der Waals surface area (Å²) in [6.07, 6.45) is 9.01. The number of amides is 1. The molecule has 1 saturated carbocycles. The van der Waals surface area contributed by atoms with Crippen LogP contribution < -0.4 is 10.7 Å². The highest BCUT2D eigenvalue weighted by atomic mass is 16.2. The maximum atomic E-state index is 11.9. The highest BCUT2D eigenvalue weighted by Gasteiger charge is 2.29. The van der Waals surface area contributed by atoms with Gasteiger partial charge < -0.3 is 10.3 Å². The van der Waals surface area contributed by atoms with Crippen LogP contribution in [0, 0.1) is 0 Å². The normalized spacial score (nSPS) is 23.5. The molecule has 1 aromatic rings. The van der Waals surface area contributed by atoms with E-state index < -0.39 is 0 Å². The number of aromatic nitrogens is 1. The topological polar surface area (TPSA) is 69.3 Å². The molecule has 0 atom stereocenters. The van der Waals surface area contributed by atoms with Gasteiger partial charge in [0, 0.05) is 17.4 Å². The first-order valence-corrected chi connectivity index (χ1v) is 7.37. The molecule has 104 valence electrons. The smallest absolute Gasteiger partial charge is 0.275 e. The van der Waals surface area contributed by atoms with E-state index in [2.05, 4.69) is 26.9 Å². The molecule has 1 amide bonds. The monoisotopic (exact) mass is 270 g/mol. The van der Waals surface area contributed by atoms with Gasteiger partial charge in [0.25, 0.3) is 5.91 Å². The molecule has 0 aromatic carbocycles. The fourth-order valence-corrected chi connectivity index (χ4v) is 2.86. The molecule has 0 spiro atoms. The molecule has 2 aliphatic carbocycles. The lowest BCUT2D eigenvalue weighted by Gasteiger charge is -2.08. The zero-order valence-corrected chi connectivity index (χ0v) is 11.3. The van der Waals surface area contributed by atoms with E-state index in [1.165, 1.54) is 24.1 Å². The summed E-state index contributed by atoms with van der Waals surface area (Å²) < 4.78 is 0. The van der Waals surface area contributed by atoms with Gasteiger partial charge in [-0.1, -0.05) is 0 Å². The number of amidine groups is 1. The Hall–Kier alpha value is -2.04. The number of hydrogen-bond acceptors (Lipinski definition) is 3. The van der Waals surface area contributed by atoms with Crippen LogP contribution in [0.2, 0.25) is 0 Å². The number of rotatable bonds is 2. The van der Waals surface area contributed by atoms with E-state index in [0.717, 1.165) is 31.4 Å². The maximum absolute atomic E-state index is 11.9. The van der Waals surface area contributed by atoms with E-state index in [4.69, 9.17) is 0 Å². The number of H-pyrrole nitrogens is 1. The van der Waals surface area contributed by atoms with Crippen LogP contribution in [0.5, 0.6) is 0 Å². The number of hydrazone groups is 1. The van der Waals surface area contributed by atoms with Gasteiger partial charge >= 0.3 is 0 Å². The summed E-state index contributed by atoms with van der Waals surface area (Å²) in [7, 11) is 0. The SMILES string of the molecule is O=C1NN=C(NC2CC2)/C1=C\c1cc2c([nH]1)CCCC2. The first-order chi connectivity index (χ1) is 9.79. The number of aromatic amines is 1. The van der Waals surface area contributed by atoms with Crippen molar-refractivity contribution in [1.82, 2.24) is 15.7 Å². The Bertz CT molecular complexity index is 598. The Balaban J connectivity index is 1.62. The number of carbonyl (C=O) groups is 1. The summed E-state index contributed by atoms with van der Waals surface area (Å²) in [5.74, 6) is 0.561. The summed E-state index contributed by atoms with van der Waals surface area (Å²) in [5, 5.41) is 7.38. The molecule has 0 saturated heterocycles. The van der Waals surface area contributed by atoms with E-state index in [0.29, 0.717) is 17.5 Å². The molecule has 3 N–H and O–H groups in total. The second-order valence-corrected chi connectivity index (χ2v) is 5.81. The summed E-state index contributed by atoms with van der Waals surface area (Å²) in [6.45, 7) is 0. The van der Waals surface area contributed by atoms with Gasteiger partial charge in [0.2, 0.25) is 0 Å². The number of carbonyl (C=O) groups excluding carboxylic acids is 1. The van der Waals surface area contributed by atoms with Crippen LogP contribution in [0.1, 0.15) is 42.6 Å². The van der Waals surface area contributed by atoms with Crippen LogP contribution in [0.3, 0.4) is 0 Å². The molecule has 3 aliphatic rings. The van der Waals surface area contributed by atoms with Gasteiger partial charge in [-0.05, 0) is 56.2 Å². The molecule has 5 nitrogen and oxygen atoms in total. The predicted molar refractivity (Wildman–Crippen MR) is 77.1 cm³/mol. The van der Waals surface area contributed by atoms with Crippen molar-refractivity contribution in [2.45, 2.75) is 44.6 Å². The lowest BCUT2D eigenvalue weighted by Crippen LogP contribution is -2.26. The predicted octanol–water partition coefficient (Wildman–Crippen LogP) is 1.47. The molecule has 0 bridgehead atoms. The van der Waals surface area contributed by atoms with Crippen molar-refractivity contribution in [3.05, 3.63) is 28.6 Å². The average Bonchev–Trinajstić information content (AvgIpc) is 3.07. The molecule has 1 aromatic heterocycles. The summed E-state index contributed by atoms with van der Waals surface area (Å²) in [6, 6.07) is 2.66. The van der Waals surface area contributed by atoms with Crippen molar-refractivity contribution in [2.75, 3.05) is 0 Å². The Morgan fingerprint density at radius 1 is 1.30 bits per heavy atom. The van der Waals surface area contributed by atoms with Crippen molar-refractivity contribution in [1.29, 1.82) is 0 Å². The largest absolute Gasteiger partial charge is 0.365 e. The van der Waals surface area contributed by atoms with Crippen LogP contribution in [-0.2, 0) is 17.6 Å². The molecule has 4 rings (SSSR count). The number of nitrogens with one attached hydrogen (secondary N) is 3. The Morgan fingerprint density at radius 3 is 2.95 bits per heavy atom. The Morgan fingerprint density at radius 2 is 2.15 bits per heavy atom. The third kappa shape index (κ3) is 2.13. The maximum Gasteiger partial charge on any atom is 0.275 e. The lowest BCUT2D eigenvalue weighted by atomic mass is 9.98. The number of fused-ring (bicyclic) bond motifs is 1. The van der Waals surface area contributed by atoms with E-state index in [9.17, 15) is 4.79 Å². The third-order valence-electron chi connectivity index (χ3n) is 4.12. The van der Waals surface area contributed by atoms with Gasteiger partial charge in [0.1, 0.15) is 0 Å². The fraction of sp³-hybridized carbons (Fsp3) is 0.467. The minimum Gasteiger partial charge on any atom is -0.365 e. The second kappa shape index (κ2) is 4.51. The zero-order chi connectivity index (χ0) is 13.5. The van der Waals surface area contributed by atoms with Crippen LogP contribution in [0.25, 0.3) is 6.08 Å². The second-order valence-electron chi connectivity index (χ2n) is 5.81. The van der Waals surface area contributed by atoms with Gasteiger partial charge in [-0.3, -0.25) is 4.79 Å². The number of aryl methyl sites for hydroxylation is 2. The third-order valence-corrected chi connectivity index (χ3v) is 4.12. The fourth-order valence-electron chi connectivity index (χ4n) is 2.86. The van der Waals surface area contributed by atoms with Crippen LogP contribution in [0.15, 0.2) is 16.7 Å². The van der Waals surface area contributed by atoms with Crippen molar-refractivity contribution in [3.8, 4) is 0 Å². The number of hydrogen-bond donors (Lipinski definition) is 3. The quantitative estimate of drug-likeness (QED) is 0.712. The van der Waals surface area contributed by atoms with Gasteiger partial charge in [-0.2, -0.15) is 5.10 Å². The van der Waals surface area contributed by atoms with Crippen LogP contribution in [-0.4, -0.2) is 22.8 Å². The first-order valence-electron chi connectivity index (χ1n) is 7.37. The Labute approximate surface area is 117 Å². The van der Waals surface area contributed by atoms with E-state index >= 15 is 0 Å². The minimum absolute atomic E-state index is 0.124. The lowest BCUT2D eigenvalue weighted by molar-refractivity contribution is -0.116. The Kier molecular flexibility index (Phi) is 2.65. The average molecular weight is 270 g/mol. The molecule has 2 heterocycles. The molecule has 20 heavy (non-hydrogen) atoms. The van der Waals surface area contributed by atoms with Gasteiger partial charge in [0.15, 0.2) is 5.84 Å². The van der Waals surface area contributed by atoms with Gasteiger partial charge in [-0.15, -0.1) is 0 Å². The molecule has 0 radical (unpaired) electrons. The highest BCUT2D eigenvalue weighted by Crippen LogP contribution is 2.24. The van der Waals surface area contributed by atoms with Crippen molar-refractivity contribution in [3.63, 3.8) is 0 Å². The van der Waals surface area contributed by atoms with Gasteiger partial charge in [0.05, 0.1) is 5.57 Å². The highest BCUT2D eigenvalue weighted by molar-refractivity contribution is 6.26. The van der Waals surface area contributed by atoms with Crippen molar-refractivity contribution >= 4 is 17.8 Å². The standard InChI is InChI=1S/C15H18N4O/c20-15-12(14(18-19-15)17-10-5-6-10)8-11-7-9-3-1-2-4-13(9)16-11/h7-8,10,16H,1-6H2,(H,17,18)(H,19,20)/b12-8+. The van der Waals surface area contributed by atoms with E-state index in [1.54, 1.807) is 0 Å². The zero-order valence-electron chi connectivity index (χ0n) is 11.3. The molecule has 5 heteroatoms. The van der Waals surface area contributed by atoms with E-state index in [1.807, 2.05) is 6.08 Å². The summed E-state index contributed by atoms with van der Waals surface area (Å²) >= 11 is 0. The van der Waals surface area contributed by atoms with Gasteiger partial charge in [-0.25, -0.2) is 5.43 Å². The number of nitrogens with zero attached hydrogens (tertiary/aromatic N) is 1. The molecular weight excluding hydrogens is 252 g/mol. The molecule has 1 aliphatic heterocycles. The molecular formula is C15H18N4O. The first kappa shape index (κ1) is 11.8. The van der Waals surface area contributed by atoms with Crippen molar-refractivity contribution in [2.24, 2.45) is 5.10 Å². The van der Waals surface area contributed by atoms with E-state index in [-0.39, 0.29) is 5.91 Å². The van der Waals surface area contributed by atoms with Crippen LogP contribution >= 0.6 is 0 Å². The molecule has 0 unspecified atom stereocenters. The molecule has 1 fully saturated rings. The summed E-state index contributed by atoms with van der Waals surface area (Å²) in [5.41, 5.74) is 6.91.